The normalized spacial score (nSPS) is 9.50. The second kappa shape index (κ2) is 5.70. The Balaban J connectivity index is 0.000000606. The van der Waals surface area contributed by atoms with Crippen molar-refractivity contribution < 1.29 is 4.74 Å². The summed E-state index contributed by atoms with van der Waals surface area (Å²) in [6, 6.07) is 3.51. The number of methoxy groups -OCH3 is 1. The van der Waals surface area contributed by atoms with Gasteiger partial charge in [-0.15, -0.1) is 0 Å². The first-order chi connectivity index (χ1) is 7.72. The van der Waals surface area contributed by atoms with E-state index in [9.17, 15) is 0 Å². The molecule has 2 radical (unpaired) electrons. The molecule has 0 saturated heterocycles. The van der Waals surface area contributed by atoms with Crippen molar-refractivity contribution in [3.05, 3.63) is 23.4 Å². The summed E-state index contributed by atoms with van der Waals surface area (Å²) >= 11 is 5.97. The largest absolute Gasteiger partial charge is 0.481 e. The highest BCUT2D eigenvalue weighted by Gasteiger charge is 2.05. The summed E-state index contributed by atoms with van der Waals surface area (Å²) in [5.41, 5.74) is 1.68. The molecule has 16 heavy (non-hydrogen) atoms. The molecule has 0 N–H and O–H groups in total. The lowest BCUT2D eigenvalue weighted by Crippen LogP contribution is -2.06. The smallest absolute Gasteiger partial charge is 0.213 e. The second-order valence-corrected chi connectivity index (χ2v) is 3.13. The summed E-state index contributed by atoms with van der Waals surface area (Å²) in [5.74, 6) is 0.492. The summed E-state index contributed by atoms with van der Waals surface area (Å²) < 4.78 is 4.98. The van der Waals surface area contributed by atoms with E-state index in [0.29, 0.717) is 27.4 Å². The highest BCUT2D eigenvalue weighted by Crippen LogP contribution is 2.19. The van der Waals surface area contributed by atoms with Gasteiger partial charge in [-0.05, 0) is 6.07 Å². The Labute approximate surface area is 101 Å². The van der Waals surface area contributed by atoms with Crippen LogP contribution in [-0.2, 0) is 0 Å². The zero-order chi connectivity index (χ0) is 12.1. The lowest BCUT2D eigenvalue weighted by molar-refractivity contribution is 0.399. The van der Waals surface area contributed by atoms with Crippen LogP contribution in [0.15, 0.2) is 18.3 Å². The second-order valence-electron chi connectivity index (χ2n) is 2.75. The Morgan fingerprint density at radius 1 is 1.31 bits per heavy atom. The predicted molar refractivity (Wildman–Crippen MR) is 67.8 cm³/mol. The van der Waals surface area contributed by atoms with E-state index in [2.05, 4.69) is 9.97 Å². The van der Waals surface area contributed by atoms with E-state index in [1.807, 2.05) is 13.8 Å². The average molecular weight is 234 g/mol. The predicted octanol–water partition coefficient (Wildman–Crippen LogP) is 2.11. The van der Waals surface area contributed by atoms with Gasteiger partial charge >= 0.3 is 0 Å². The Hall–Kier alpha value is -1.29. The lowest BCUT2D eigenvalue weighted by atomic mass is 9.98. The van der Waals surface area contributed by atoms with Gasteiger partial charge in [0.05, 0.1) is 17.6 Å². The third-order valence-corrected chi connectivity index (χ3v) is 2.26. The fourth-order valence-electron chi connectivity index (χ4n) is 1.15. The van der Waals surface area contributed by atoms with Gasteiger partial charge in [-0.1, -0.05) is 30.9 Å². The standard InChI is InChI=1S/C9H6BClN2O.C2H6/c1-14-7-3-2-6-9(13-7)8(11)5(10)4-12-6;1-2/h2-4H,1H3;1-2H3. The zero-order valence-corrected chi connectivity index (χ0v) is 10.2. The maximum Gasteiger partial charge on any atom is 0.213 e. The van der Waals surface area contributed by atoms with Crippen LogP contribution in [-0.4, -0.2) is 24.9 Å². The van der Waals surface area contributed by atoms with Crippen molar-refractivity contribution in [2.45, 2.75) is 13.8 Å². The summed E-state index contributed by atoms with van der Waals surface area (Å²) in [7, 11) is 7.15. The van der Waals surface area contributed by atoms with E-state index in [4.69, 9.17) is 24.2 Å². The van der Waals surface area contributed by atoms with Gasteiger partial charge < -0.3 is 4.74 Å². The van der Waals surface area contributed by atoms with Gasteiger partial charge in [0.2, 0.25) is 5.88 Å². The molecule has 82 valence electrons. The molecule has 2 rings (SSSR count). The van der Waals surface area contributed by atoms with Crippen molar-refractivity contribution in [2.75, 3.05) is 7.11 Å². The number of halogens is 1. The van der Waals surface area contributed by atoms with Gasteiger partial charge in [0.1, 0.15) is 13.4 Å². The molecule has 3 nitrogen and oxygen atoms in total. The van der Waals surface area contributed by atoms with Crippen molar-refractivity contribution >= 4 is 35.9 Å². The van der Waals surface area contributed by atoms with E-state index in [1.165, 1.54) is 6.20 Å². The van der Waals surface area contributed by atoms with Gasteiger partial charge in [-0.25, -0.2) is 4.98 Å². The minimum atomic E-state index is 0.411. The van der Waals surface area contributed by atoms with E-state index in [-0.39, 0.29) is 0 Å². The van der Waals surface area contributed by atoms with Gasteiger partial charge in [0.15, 0.2) is 0 Å². The molecule has 2 heterocycles. The van der Waals surface area contributed by atoms with Gasteiger partial charge in [0, 0.05) is 12.3 Å². The third kappa shape index (κ3) is 2.45. The fraction of sp³-hybridized carbons (Fsp3) is 0.273. The third-order valence-electron chi connectivity index (χ3n) is 1.86. The number of ether oxygens (including phenoxy) is 1. The Kier molecular flexibility index (Phi) is 4.56. The number of pyridine rings is 2. The van der Waals surface area contributed by atoms with Crippen molar-refractivity contribution in [3.63, 3.8) is 0 Å². The molecule has 0 spiro atoms. The van der Waals surface area contributed by atoms with Crippen LogP contribution >= 0.6 is 11.6 Å². The molecule has 2 aromatic rings. The van der Waals surface area contributed by atoms with Crippen LogP contribution in [0.25, 0.3) is 11.0 Å². The van der Waals surface area contributed by atoms with Crippen LogP contribution in [0.3, 0.4) is 0 Å². The minimum Gasteiger partial charge on any atom is -0.481 e. The van der Waals surface area contributed by atoms with Crippen LogP contribution in [0.4, 0.5) is 0 Å². The zero-order valence-electron chi connectivity index (χ0n) is 9.49. The highest BCUT2D eigenvalue weighted by molar-refractivity contribution is 6.47. The van der Waals surface area contributed by atoms with Gasteiger partial charge in [-0.3, -0.25) is 4.98 Å². The first-order valence-electron chi connectivity index (χ1n) is 4.97. The van der Waals surface area contributed by atoms with Crippen LogP contribution in [0.2, 0.25) is 5.02 Å². The lowest BCUT2D eigenvalue weighted by Gasteiger charge is -2.04. The topological polar surface area (TPSA) is 35.0 Å². The molecule has 0 aliphatic heterocycles. The van der Waals surface area contributed by atoms with E-state index in [0.717, 1.165) is 0 Å². The Morgan fingerprint density at radius 2 is 2.00 bits per heavy atom. The highest BCUT2D eigenvalue weighted by atomic mass is 35.5. The minimum absolute atomic E-state index is 0.411. The Bertz CT molecular complexity index is 491. The van der Waals surface area contributed by atoms with Gasteiger partial charge in [-0.2, -0.15) is 0 Å². The van der Waals surface area contributed by atoms with Crippen LogP contribution in [0, 0.1) is 0 Å². The molecule has 0 fully saturated rings. The molecule has 5 heteroatoms. The van der Waals surface area contributed by atoms with Crippen molar-refractivity contribution in [1.29, 1.82) is 0 Å². The fourth-order valence-corrected chi connectivity index (χ4v) is 1.33. The molecule has 0 aliphatic carbocycles. The molecule has 0 bridgehead atoms. The maximum atomic E-state index is 5.97. The van der Waals surface area contributed by atoms with Crippen LogP contribution < -0.4 is 10.2 Å². The molecule has 0 saturated carbocycles. The Morgan fingerprint density at radius 3 is 2.62 bits per heavy atom. The SMILES string of the molecule is CC.[B]c1cnc2ccc(OC)nc2c1Cl. The molecular formula is C11H12BClN2O. The van der Waals surface area contributed by atoms with Crippen molar-refractivity contribution in [3.8, 4) is 5.88 Å². The summed E-state index contributed by atoms with van der Waals surface area (Å²) in [5, 5.41) is 0.411. The molecule has 0 unspecified atom stereocenters. The molecule has 0 aromatic carbocycles. The molecule has 2 aromatic heterocycles. The molecule has 0 amide bonds. The molecule has 0 atom stereocenters. The van der Waals surface area contributed by atoms with Crippen molar-refractivity contribution in [2.24, 2.45) is 0 Å². The number of hydrogen-bond acceptors (Lipinski definition) is 3. The first-order valence-corrected chi connectivity index (χ1v) is 5.35. The quantitative estimate of drug-likeness (QED) is 0.709. The summed E-state index contributed by atoms with van der Waals surface area (Å²) in [4.78, 5) is 8.25. The average Bonchev–Trinajstić information content (AvgIpc) is 2.36. The van der Waals surface area contributed by atoms with Crippen LogP contribution in [0.5, 0.6) is 5.88 Å². The number of rotatable bonds is 1. The molecule has 0 aliphatic rings. The van der Waals surface area contributed by atoms with E-state index >= 15 is 0 Å². The maximum absolute atomic E-state index is 5.97. The van der Waals surface area contributed by atoms with Crippen LogP contribution in [0.1, 0.15) is 13.8 Å². The number of hydrogen-bond donors (Lipinski definition) is 0. The molecular weight excluding hydrogens is 222 g/mol. The first kappa shape index (κ1) is 12.8. The van der Waals surface area contributed by atoms with Crippen molar-refractivity contribution in [1.82, 2.24) is 9.97 Å². The number of fused-ring (bicyclic) bond motifs is 1. The van der Waals surface area contributed by atoms with Gasteiger partial charge in [0.25, 0.3) is 0 Å². The number of nitrogens with zero attached hydrogens (tertiary/aromatic N) is 2. The summed E-state index contributed by atoms with van der Waals surface area (Å²) in [6.45, 7) is 4.00. The van der Waals surface area contributed by atoms with E-state index < -0.39 is 0 Å². The summed E-state index contributed by atoms with van der Waals surface area (Å²) in [6.07, 6.45) is 1.51. The number of aromatic nitrogens is 2. The van der Waals surface area contributed by atoms with E-state index in [1.54, 1.807) is 19.2 Å². The monoisotopic (exact) mass is 234 g/mol.